The van der Waals surface area contributed by atoms with Crippen LogP contribution in [0.15, 0.2) is 73.2 Å². The second kappa shape index (κ2) is 7.86. The second-order valence-electron chi connectivity index (χ2n) is 6.68. The van der Waals surface area contributed by atoms with E-state index in [4.69, 9.17) is 17.3 Å². The molecule has 2 aromatic carbocycles. The van der Waals surface area contributed by atoms with Crippen molar-refractivity contribution in [3.8, 4) is 22.4 Å². The topological polar surface area (TPSA) is 64.7 Å². The van der Waals surface area contributed by atoms with Crippen LogP contribution in [0.1, 0.15) is 0 Å². The van der Waals surface area contributed by atoms with Crippen LogP contribution in [0.5, 0.6) is 0 Å². The van der Waals surface area contributed by atoms with E-state index in [1.165, 1.54) is 12.1 Å². The van der Waals surface area contributed by atoms with E-state index in [0.717, 1.165) is 27.3 Å². The lowest BCUT2D eigenvalue weighted by Gasteiger charge is -2.13. The van der Waals surface area contributed by atoms with Crippen LogP contribution in [-0.2, 0) is 0 Å². The molecule has 3 heterocycles. The van der Waals surface area contributed by atoms with Crippen molar-refractivity contribution in [2.45, 2.75) is 0 Å². The third kappa shape index (κ3) is 3.32. The largest absolute Gasteiger partial charge is 0.398 e. The van der Waals surface area contributed by atoms with E-state index in [-0.39, 0.29) is 12.4 Å². The Labute approximate surface area is 183 Å². The normalized spacial score (nSPS) is 10.9. The van der Waals surface area contributed by atoms with Gasteiger partial charge in [0.25, 0.3) is 0 Å². The number of aromatic nitrogens is 3. The van der Waals surface area contributed by atoms with Crippen LogP contribution in [0.25, 0.3) is 44.2 Å². The molecule has 0 aliphatic heterocycles. The van der Waals surface area contributed by atoms with Crippen molar-refractivity contribution in [3.05, 3.63) is 84.0 Å². The quantitative estimate of drug-likeness (QED) is 0.329. The van der Waals surface area contributed by atoms with Gasteiger partial charge in [-0.05, 0) is 65.0 Å². The summed E-state index contributed by atoms with van der Waals surface area (Å²) < 4.78 is 14.6. The van der Waals surface area contributed by atoms with Crippen molar-refractivity contribution in [3.63, 3.8) is 0 Å². The minimum Gasteiger partial charge on any atom is -0.398 e. The number of anilines is 1. The molecule has 4 nitrogen and oxygen atoms in total. The van der Waals surface area contributed by atoms with Gasteiger partial charge in [-0.15, -0.1) is 12.4 Å². The average molecular weight is 437 g/mol. The highest BCUT2D eigenvalue weighted by Crippen LogP contribution is 2.37. The average Bonchev–Trinajstić information content (AvgIpc) is 2.75. The molecule has 0 spiro atoms. The first-order valence-corrected chi connectivity index (χ1v) is 9.33. The van der Waals surface area contributed by atoms with Gasteiger partial charge in [-0.25, -0.2) is 14.4 Å². The van der Waals surface area contributed by atoms with Gasteiger partial charge in [-0.3, -0.25) is 4.98 Å². The number of rotatable bonds is 2. The van der Waals surface area contributed by atoms with Crippen molar-refractivity contribution < 1.29 is 4.39 Å². The standard InChI is InChI=1S/C23H14ClFN4.ClH/c24-13-3-5-20(25)18(10-13)22-11-17(16-2-1-8-28-23(16)29-22)14-4-6-21(26)19-12-27-9-7-15(14)19;/h1-12H,26H2;1H. The Bertz CT molecular complexity index is 1410. The highest BCUT2D eigenvalue weighted by Gasteiger charge is 2.15. The van der Waals surface area contributed by atoms with Gasteiger partial charge in [-0.1, -0.05) is 17.7 Å². The molecule has 0 amide bonds. The van der Waals surface area contributed by atoms with Crippen LogP contribution in [0.2, 0.25) is 5.02 Å². The van der Waals surface area contributed by atoms with Crippen LogP contribution in [0.4, 0.5) is 10.1 Å². The fraction of sp³-hybridized carbons (Fsp3) is 0. The van der Waals surface area contributed by atoms with Gasteiger partial charge in [0, 0.05) is 45.6 Å². The van der Waals surface area contributed by atoms with Crippen molar-refractivity contribution in [1.82, 2.24) is 15.0 Å². The summed E-state index contributed by atoms with van der Waals surface area (Å²) in [5, 5.41) is 3.11. The van der Waals surface area contributed by atoms with E-state index in [1.54, 1.807) is 24.7 Å². The Kier molecular flexibility index (Phi) is 5.24. The summed E-state index contributed by atoms with van der Waals surface area (Å²) in [6, 6.07) is 15.8. The van der Waals surface area contributed by atoms with Gasteiger partial charge < -0.3 is 5.73 Å². The highest BCUT2D eigenvalue weighted by atomic mass is 35.5. The Hall–Kier alpha value is -3.28. The van der Waals surface area contributed by atoms with Gasteiger partial charge >= 0.3 is 0 Å². The van der Waals surface area contributed by atoms with Gasteiger partial charge in [0.1, 0.15) is 5.82 Å². The summed E-state index contributed by atoms with van der Waals surface area (Å²) in [6.07, 6.45) is 5.14. The number of nitrogens with zero attached hydrogens (tertiary/aromatic N) is 3. The van der Waals surface area contributed by atoms with Crippen molar-refractivity contribution in [1.29, 1.82) is 0 Å². The van der Waals surface area contributed by atoms with Crippen LogP contribution in [0, 0.1) is 5.82 Å². The highest BCUT2D eigenvalue weighted by molar-refractivity contribution is 6.30. The molecule has 0 unspecified atom stereocenters. The summed E-state index contributed by atoms with van der Waals surface area (Å²) in [5.41, 5.74) is 9.94. The zero-order valence-electron chi connectivity index (χ0n) is 15.5. The number of hydrogen-bond donors (Lipinski definition) is 1. The predicted molar refractivity (Wildman–Crippen MR) is 122 cm³/mol. The van der Waals surface area contributed by atoms with Gasteiger partial charge in [0.15, 0.2) is 5.65 Å². The van der Waals surface area contributed by atoms with Gasteiger partial charge in [-0.2, -0.15) is 0 Å². The third-order valence-electron chi connectivity index (χ3n) is 4.93. The Morgan fingerprint density at radius 3 is 2.57 bits per heavy atom. The number of pyridine rings is 3. The molecular weight excluding hydrogens is 422 g/mol. The first kappa shape index (κ1) is 20.0. The van der Waals surface area contributed by atoms with E-state index in [9.17, 15) is 4.39 Å². The first-order valence-electron chi connectivity index (χ1n) is 8.95. The lowest BCUT2D eigenvalue weighted by Crippen LogP contribution is -1.95. The number of benzene rings is 2. The molecule has 148 valence electrons. The molecule has 5 rings (SSSR count). The fourth-order valence-corrected chi connectivity index (χ4v) is 3.73. The summed E-state index contributed by atoms with van der Waals surface area (Å²) in [5.74, 6) is -0.394. The summed E-state index contributed by atoms with van der Waals surface area (Å²) in [4.78, 5) is 13.2. The van der Waals surface area contributed by atoms with E-state index < -0.39 is 5.82 Å². The molecule has 7 heteroatoms. The zero-order valence-corrected chi connectivity index (χ0v) is 17.1. The molecule has 0 aliphatic carbocycles. The molecule has 3 aromatic heterocycles. The summed E-state index contributed by atoms with van der Waals surface area (Å²) >= 11 is 6.11. The van der Waals surface area contributed by atoms with E-state index >= 15 is 0 Å². The maximum absolute atomic E-state index is 14.6. The lowest BCUT2D eigenvalue weighted by atomic mass is 9.95. The Balaban J connectivity index is 0.00000218. The zero-order chi connectivity index (χ0) is 20.0. The molecule has 0 saturated heterocycles. The van der Waals surface area contributed by atoms with E-state index in [2.05, 4.69) is 15.0 Å². The van der Waals surface area contributed by atoms with Crippen LogP contribution in [-0.4, -0.2) is 15.0 Å². The SMILES string of the molecule is Cl.Nc1ccc(-c2cc(-c3cc(Cl)ccc3F)nc3ncccc23)c2ccncc12. The maximum atomic E-state index is 14.6. The fourth-order valence-electron chi connectivity index (χ4n) is 3.56. The van der Waals surface area contributed by atoms with Crippen LogP contribution >= 0.6 is 24.0 Å². The van der Waals surface area contributed by atoms with Crippen molar-refractivity contribution >= 4 is 51.5 Å². The molecule has 0 fully saturated rings. The summed E-state index contributed by atoms with van der Waals surface area (Å²) in [6.45, 7) is 0. The first-order chi connectivity index (χ1) is 14.1. The molecule has 0 atom stereocenters. The number of hydrogen-bond acceptors (Lipinski definition) is 4. The number of nitrogens with two attached hydrogens (primary N) is 1. The molecule has 2 N–H and O–H groups in total. The number of fused-ring (bicyclic) bond motifs is 2. The minimum atomic E-state index is -0.394. The number of nitrogen functional groups attached to an aromatic ring is 1. The minimum absolute atomic E-state index is 0. The molecule has 0 radical (unpaired) electrons. The Morgan fingerprint density at radius 1 is 0.833 bits per heavy atom. The molecule has 0 bridgehead atoms. The molecule has 5 aromatic rings. The third-order valence-corrected chi connectivity index (χ3v) is 5.17. The summed E-state index contributed by atoms with van der Waals surface area (Å²) in [7, 11) is 0. The number of halogens is 3. The Morgan fingerprint density at radius 2 is 1.70 bits per heavy atom. The van der Waals surface area contributed by atoms with Gasteiger partial charge in [0.05, 0.1) is 5.69 Å². The lowest BCUT2D eigenvalue weighted by molar-refractivity contribution is 0.631. The van der Waals surface area contributed by atoms with Crippen LogP contribution in [0.3, 0.4) is 0 Å². The monoisotopic (exact) mass is 436 g/mol. The van der Waals surface area contributed by atoms with Crippen LogP contribution < -0.4 is 5.73 Å². The maximum Gasteiger partial charge on any atom is 0.160 e. The second-order valence-corrected chi connectivity index (χ2v) is 7.11. The van der Waals surface area contributed by atoms with E-state index in [1.807, 2.05) is 36.4 Å². The molecular formula is C23H15Cl2FN4. The molecule has 0 saturated carbocycles. The van der Waals surface area contributed by atoms with Crippen molar-refractivity contribution in [2.75, 3.05) is 5.73 Å². The van der Waals surface area contributed by atoms with Gasteiger partial charge in [0.2, 0.25) is 0 Å². The molecule has 30 heavy (non-hydrogen) atoms. The van der Waals surface area contributed by atoms with E-state index in [0.29, 0.717) is 27.6 Å². The molecule has 0 aliphatic rings. The smallest absolute Gasteiger partial charge is 0.160 e. The predicted octanol–water partition coefficient (Wildman–Crippen LogP) is 6.31. The van der Waals surface area contributed by atoms with Crippen molar-refractivity contribution in [2.24, 2.45) is 0 Å².